The van der Waals surface area contributed by atoms with Gasteiger partial charge in [0.05, 0.1) is 0 Å². The second-order valence-corrected chi connectivity index (χ2v) is 12.3. The van der Waals surface area contributed by atoms with Crippen molar-refractivity contribution in [2.24, 2.45) is 0 Å². The molecule has 39 heavy (non-hydrogen) atoms. The fourth-order valence-corrected chi connectivity index (χ4v) is 6.97. The Balaban J connectivity index is 1.37. The van der Waals surface area contributed by atoms with E-state index in [2.05, 4.69) is 37.4 Å². The number of H-pyrrole nitrogens is 1. The van der Waals surface area contributed by atoms with Crippen molar-refractivity contribution in [2.75, 3.05) is 43.5 Å². The van der Waals surface area contributed by atoms with E-state index < -0.39 is 0 Å². The molecule has 2 aliphatic heterocycles. The fourth-order valence-electron chi connectivity index (χ4n) is 5.69. The zero-order chi connectivity index (χ0) is 27.1. The molecule has 2 fully saturated rings. The van der Waals surface area contributed by atoms with Crippen molar-refractivity contribution in [3.63, 3.8) is 0 Å². The molecule has 2 aliphatic rings. The van der Waals surface area contributed by atoms with Gasteiger partial charge in [-0.25, -0.2) is 0 Å². The predicted octanol–water partition coefficient (Wildman–Crippen LogP) is 4.42. The number of rotatable bonds is 6. The Labute approximate surface area is 246 Å². The standard InChI is InChI=1S/C28H27Cl2N6O2.Zn/c1-38-25-14-19(36-11-10-35-9-3-4-20(35)16-36)7-8-24(25)33-27-26-17(15-31-34-28(26)37)12-18(32-27)13-21-22(29)5-2-6-23(21)30;/h2,5-8,12,14,20H,3-4,9-11,13,16H2,1H3,(H,32,33)(H,34,37);. The summed E-state index contributed by atoms with van der Waals surface area (Å²) in [6.07, 6.45) is 2.95. The molecule has 8 nitrogen and oxygen atoms in total. The number of hydrogen-bond donors (Lipinski definition) is 2. The number of halogens is 2. The second-order valence-electron chi connectivity index (χ2n) is 10.0. The number of pyridine rings is 1. The molecule has 1 atom stereocenters. The number of nitrogens with one attached hydrogen (secondary N) is 2. The van der Waals surface area contributed by atoms with Gasteiger partial charge in [0.25, 0.3) is 0 Å². The molecule has 0 aliphatic carbocycles. The number of piperazine rings is 1. The van der Waals surface area contributed by atoms with Gasteiger partial charge in [-0.2, -0.15) is 0 Å². The van der Waals surface area contributed by atoms with Gasteiger partial charge in [-0.3, -0.25) is 4.90 Å². The molecule has 0 radical (unpaired) electrons. The Morgan fingerprint density at radius 3 is 2.77 bits per heavy atom. The molecule has 197 valence electrons. The van der Waals surface area contributed by atoms with E-state index in [-0.39, 0.29) is 5.56 Å². The summed E-state index contributed by atoms with van der Waals surface area (Å²) < 4.78 is 6.62. The van der Waals surface area contributed by atoms with Gasteiger partial charge in [-0.05, 0) is 19.4 Å². The normalized spacial score (nSPS) is 17.5. The Kier molecular flexibility index (Phi) is 7.51. The average Bonchev–Trinajstić information content (AvgIpc) is 3.41. The Bertz CT molecular complexity index is 1590. The second kappa shape index (κ2) is 11.0. The summed E-state index contributed by atoms with van der Waals surface area (Å²) >= 11 is 13.7. The minimum absolute atomic E-state index is 0.301. The van der Waals surface area contributed by atoms with Crippen LogP contribution in [0.3, 0.4) is 0 Å². The van der Waals surface area contributed by atoms with Crippen molar-refractivity contribution >= 4 is 55.5 Å². The van der Waals surface area contributed by atoms with E-state index in [9.17, 15) is 4.79 Å². The third-order valence-corrected chi connectivity index (χ3v) is 9.55. The summed E-state index contributed by atoms with van der Waals surface area (Å²) in [7, 11) is 1.66. The Morgan fingerprint density at radius 1 is 1.15 bits per heavy atom. The first-order valence-electron chi connectivity index (χ1n) is 13.0. The minimum atomic E-state index is -0.301. The summed E-state index contributed by atoms with van der Waals surface area (Å²) in [5.74, 6) is 1.13. The molecule has 0 bridgehead atoms. The van der Waals surface area contributed by atoms with E-state index >= 15 is 0 Å². The summed E-state index contributed by atoms with van der Waals surface area (Å²) in [5.41, 5.74) is 3.07. The van der Waals surface area contributed by atoms with Crippen molar-refractivity contribution in [3.8, 4) is 5.75 Å². The fraction of sp³-hybridized carbons (Fsp3) is 0.321. The van der Waals surface area contributed by atoms with Crippen LogP contribution in [0.5, 0.6) is 5.75 Å². The van der Waals surface area contributed by atoms with E-state index in [1.54, 1.807) is 7.11 Å². The van der Waals surface area contributed by atoms with Crippen molar-refractivity contribution in [2.45, 2.75) is 25.3 Å². The van der Waals surface area contributed by atoms with Crippen LogP contribution in [0.1, 0.15) is 24.1 Å². The zero-order valence-electron chi connectivity index (χ0n) is 21.6. The van der Waals surface area contributed by atoms with E-state index in [0.717, 1.165) is 70.2 Å². The number of fused-ring (bicyclic) bond motifs is 2. The molecule has 11 heteroatoms. The van der Waals surface area contributed by atoms with Crippen molar-refractivity contribution in [1.29, 1.82) is 0 Å². The molecule has 2 aromatic heterocycles. The summed E-state index contributed by atoms with van der Waals surface area (Å²) in [5, 5.41) is 12.6. The van der Waals surface area contributed by atoms with Crippen LogP contribution in [0.25, 0.3) is 10.8 Å². The van der Waals surface area contributed by atoms with Crippen LogP contribution in [-0.4, -0.2) is 59.4 Å². The predicted molar refractivity (Wildman–Crippen MR) is 152 cm³/mol. The Morgan fingerprint density at radius 2 is 1.97 bits per heavy atom. The maximum atomic E-state index is 13.0. The molecular weight excluding hydrogens is 589 g/mol. The summed E-state index contributed by atoms with van der Waals surface area (Å²) in [6.45, 7) is 4.32. The van der Waals surface area contributed by atoms with Crippen LogP contribution in [0, 0.1) is 0 Å². The molecule has 4 heterocycles. The third kappa shape index (κ3) is 5.25. The van der Waals surface area contributed by atoms with Gasteiger partial charge >= 0.3 is 223 Å². The number of methoxy groups -OCH3 is 1. The molecule has 6 rings (SSSR count). The first-order valence-corrected chi connectivity index (χ1v) is 15.3. The van der Waals surface area contributed by atoms with Crippen LogP contribution in [-0.2, 0) is 24.7 Å². The van der Waals surface area contributed by atoms with E-state index in [1.807, 2.05) is 30.3 Å². The van der Waals surface area contributed by atoms with Crippen LogP contribution in [0.2, 0.25) is 10.0 Å². The summed E-state index contributed by atoms with van der Waals surface area (Å²) in [4.78, 5) is 22.9. The van der Waals surface area contributed by atoms with Gasteiger partial charge in [-0.15, -0.1) is 0 Å². The molecule has 2 aromatic carbocycles. The molecule has 0 amide bonds. The van der Waals surface area contributed by atoms with Gasteiger partial charge in [0.15, 0.2) is 0 Å². The van der Waals surface area contributed by atoms with Crippen LogP contribution in [0.15, 0.2) is 47.3 Å². The number of nitrogens with zero attached hydrogens (tertiary/aromatic N) is 4. The first-order chi connectivity index (χ1) is 18.9. The van der Waals surface area contributed by atoms with Crippen molar-refractivity contribution in [1.82, 2.24) is 20.1 Å². The quantitative estimate of drug-likeness (QED) is 0.311. The van der Waals surface area contributed by atoms with Gasteiger partial charge in [0.2, 0.25) is 0 Å². The zero-order valence-corrected chi connectivity index (χ0v) is 26.1. The number of anilines is 3. The van der Waals surface area contributed by atoms with Gasteiger partial charge in [0.1, 0.15) is 0 Å². The van der Waals surface area contributed by atoms with E-state index in [4.69, 9.17) is 32.9 Å². The number of benzene rings is 2. The number of hydrogen-bond acceptors (Lipinski definition) is 7. The van der Waals surface area contributed by atoms with E-state index in [1.165, 1.54) is 19.4 Å². The van der Waals surface area contributed by atoms with Crippen LogP contribution >= 0.6 is 23.2 Å². The third-order valence-electron chi connectivity index (χ3n) is 7.71. The number of ether oxygens (including phenoxy) is 1. The SMILES string of the molecule is COc1cc(N2CCN3CCCC3C2)ccc1Nc1nc(Cc2c(Cl)cccc2Cl)cc2[c]([Zn])n[nH]c(=O)c12. The first kappa shape index (κ1) is 26.5. The summed E-state index contributed by atoms with van der Waals surface area (Å²) in [6, 6.07) is 14.1. The molecule has 2 N–H and O–H groups in total. The van der Waals surface area contributed by atoms with Crippen molar-refractivity contribution < 1.29 is 23.0 Å². The number of aromatic amines is 1. The number of aromatic nitrogens is 3. The van der Waals surface area contributed by atoms with Gasteiger partial charge in [-0.1, -0.05) is 0 Å². The van der Waals surface area contributed by atoms with Gasteiger partial charge < -0.3 is 0 Å². The average molecular weight is 616 g/mol. The molecule has 1 unspecified atom stereocenters. The molecule has 0 spiro atoms. The molecule has 2 saturated heterocycles. The van der Waals surface area contributed by atoms with Gasteiger partial charge in [0, 0.05) is 0 Å². The Hall–Kier alpha value is -2.71. The topological polar surface area (TPSA) is 86.4 Å². The molecule has 0 saturated carbocycles. The van der Waals surface area contributed by atoms with Crippen LogP contribution in [0.4, 0.5) is 17.2 Å². The maximum absolute atomic E-state index is 13.0. The van der Waals surface area contributed by atoms with E-state index in [0.29, 0.717) is 39.5 Å². The van der Waals surface area contributed by atoms with Crippen LogP contribution < -0.4 is 24.8 Å². The molecular formula is C28H27Cl2N6O2Zn. The van der Waals surface area contributed by atoms with Crippen molar-refractivity contribution in [3.05, 3.63) is 74.1 Å². The monoisotopic (exact) mass is 613 g/mol. The molecule has 4 aromatic rings.